The van der Waals surface area contributed by atoms with Crippen LogP contribution in [-0.4, -0.2) is 5.60 Å². The SMILES string of the molecule is CCC(C)(C)Oc1ccc(P(=O)(c2ccccc2)c2ccc(C(C)(CC)CC)cc2)cc1. The molecule has 0 amide bonds. The summed E-state index contributed by atoms with van der Waals surface area (Å²) in [5, 5.41) is 2.54. The van der Waals surface area contributed by atoms with Gasteiger partial charge in [-0.15, -0.1) is 0 Å². The molecular formula is C29H37O2P. The molecule has 0 aromatic heterocycles. The molecule has 2 nitrogen and oxygen atoms in total. The second kappa shape index (κ2) is 9.67. The smallest absolute Gasteiger partial charge is 0.171 e. The number of benzene rings is 3. The molecule has 0 bridgehead atoms. The Morgan fingerprint density at radius 2 is 1.12 bits per heavy atom. The number of hydrogen-bond donors (Lipinski definition) is 0. The Hall–Kier alpha value is -2.31. The molecule has 0 radical (unpaired) electrons. The van der Waals surface area contributed by atoms with Gasteiger partial charge < -0.3 is 9.30 Å². The van der Waals surface area contributed by atoms with Gasteiger partial charge in [0.1, 0.15) is 11.4 Å². The van der Waals surface area contributed by atoms with Crippen molar-refractivity contribution in [2.75, 3.05) is 0 Å². The minimum atomic E-state index is -3.00. The summed E-state index contributed by atoms with van der Waals surface area (Å²) in [4.78, 5) is 0. The van der Waals surface area contributed by atoms with Crippen molar-refractivity contribution in [3.8, 4) is 5.75 Å². The van der Waals surface area contributed by atoms with Crippen molar-refractivity contribution < 1.29 is 9.30 Å². The van der Waals surface area contributed by atoms with E-state index < -0.39 is 7.14 Å². The molecule has 0 aliphatic rings. The van der Waals surface area contributed by atoms with Gasteiger partial charge >= 0.3 is 0 Å². The van der Waals surface area contributed by atoms with Crippen LogP contribution in [0.3, 0.4) is 0 Å². The van der Waals surface area contributed by atoms with Gasteiger partial charge in [0, 0.05) is 15.9 Å². The molecule has 3 aromatic rings. The fourth-order valence-electron chi connectivity index (χ4n) is 3.93. The zero-order valence-electron chi connectivity index (χ0n) is 20.4. The van der Waals surface area contributed by atoms with Gasteiger partial charge in [0.05, 0.1) is 0 Å². The van der Waals surface area contributed by atoms with Gasteiger partial charge in [-0.2, -0.15) is 0 Å². The molecule has 3 aromatic carbocycles. The van der Waals surface area contributed by atoms with Gasteiger partial charge in [-0.1, -0.05) is 82.3 Å². The van der Waals surface area contributed by atoms with E-state index >= 15 is 0 Å². The maximum atomic E-state index is 14.7. The normalized spacial score (nSPS) is 14.1. The maximum absolute atomic E-state index is 14.7. The van der Waals surface area contributed by atoms with E-state index in [9.17, 15) is 4.57 Å². The molecule has 0 aliphatic heterocycles. The Labute approximate surface area is 194 Å². The van der Waals surface area contributed by atoms with E-state index in [0.717, 1.165) is 40.9 Å². The van der Waals surface area contributed by atoms with Crippen LogP contribution in [0.4, 0.5) is 0 Å². The van der Waals surface area contributed by atoms with E-state index in [-0.39, 0.29) is 11.0 Å². The Balaban J connectivity index is 2.07. The van der Waals surface area contributed by atoms with Crippen LogP contribution in [0.2, 0.25) is 0 Å². The highest BCUT2D eigenvalue weighted by Crippen LogP contribution is 2.43. The Morgan fingerprint density at radius 3 is 1.59 bits per heavy atom. The minimum absolute atomic E-state index is 0.139. The van der Waals surface area contributed by atoms with Gasteiger partial charge in [0.25, 0.3) is 0 Å². The van der Waals surface area contributed by atoms with E-state index in [1.807, 2.05) is 54.6 Å². The molecule has 3 heteroatoms. The Kier molecular flexibility index (Phi) is 7.36. The monoisotopic (exact) mass is 448 g/mol. The first kappa shape index (κ1) is 24.3. The Bertz CT molecular complexity index is 1050. The van der Waals surface area contributed by atoms with E-state index in [0.29, 0.717) is 0 Å². The summed E-state index contributed by atoms with van der Waals surface area (Å²) in [5.41, 5.74) is 1.21. The summed E-state index contributed by atoms with van der Waals surface area (Å²) in [5.74, 6) is 0.803. The van der Waals surface area contributed by atoms with Crippen molar-refractivity contribution in [3.05, 3.63) is 84.4 Å². The zero-order chi connectivity index (χ0) is 23.4. The van der Waals surface area contributed by atoms with Crippen LogP contribution < -0.4 is 20.7 Å². The highest BCUT2D eigenvalue weighted by molar-refractivity contribution is 7.85. The molecule has 3 rings (SSSR count). The quantitative estimate of drug-likeness (QED) is 0.330. The maximum Gasteiger partial charge on any atom is 0.171 e. The molecule has 0 saturated carbocycles. The van der Waals surface area contributed by atoms with Crippen LogP contribution in [0.1, 0.15) is 66.4 Å². The van der Waals surface area contributed by atoms with Crippen molar-refractivity contribution in [3.63, 3.8) is 0 Å². The van der Waals surface area contributed by atoms with Crippen LogP contribution in [0.15, 0.2) is 78.9 Å². The lowest BCUT2D eigenvalue weighted by molar-refractivity contribution is 0.105. The topological polar surface area (TPSA) is 26.3 Å². The van der Waals surface area contributed by atoms with E-state index in [2.05, 4.69) is 65.8 Å². The van der Waals surface area contributed by atoms with Crippen molar-refractivity contribution >= 4 is 23.1 Å². The third kappa shape index (κ3) is 4.86. The largest absolute Gasteiger partial charge is 0.488 e. The predicted octanol–water partition coefficient (Wildman–Crippen LogP) is 6.97. The number of hydrogen-bond acceptors (Lipinski definition) is 2. The van der Waals surface area contributed by atoms with Crippen LogP contribution in [0.5, 0.6) is 5.75 Å². The highest BCUT2D eigenvalue weighted by Gasteiger charge is 2.31. The van der Waals surface area contributed by atoms with Gasteiger partial charge in [0.2, 0.25) is 0 Å². The average Bonchev–Trinajstić information content (AvgIpc) is 2.84. The molecule has 1 atom stereocenters. The molecule has 0 heterocycles. The second-order valence-electron chi connectivity index (χ2n) is 9.47. The molecule has 0 fully saturated rings. The third-order valence-electron chi connectivity index (χ3n) is 7.05. The molecule has 0 N–H and O–H groups in total. The molecule has 0 aliphatic carbocycles. The van der Waals surface area contributed by atoms with Gasteiger partial charge in [-0.25, -0.2) is 0 Å². The summed E-state index contributed by atoms with van der Waals surface area (Å²) < 4.78 is 20.8. The number of ether oxygens (including phenoxy) is 1. The van der Waals surface area contributed by atoms with Crippen LogP contribution in [0, 0.1) is 0 Å². The van der Waals surface area contributed by atoms with Crippen LogP contribution in [0.25, 0.3) is 0 Å². The first-order chi connectivity index (χ1) is 15.2. The van der Waals surface area contributed by atoms with E-state index in [1.54, 1.807) is 0 Å². The van der Waals surface area contributed by atoms with Crippen molar-refractivity contribution in [2.45, 2.75) is 71.8 Å². The summed E-state index contributed by atoms with van der Waals surface area (Å²) in [6, 6.07) is 26.1. The summed E-state index contributed by atoms with van der Waals surface area (Å²) >= 11 is 0. The molecular weight excluding hydrogens is 411 g/mol. The molecule has 170 valence electrons. The molecule has 32 heavy (non-hydrogen) atoms. The standard InChI is InChI=1S/C29H37O2P/c1-7-28(4,5)31-24-17-21-27(22-18-24)32(30,25-13-11-10-12-14-25)26-19-15-23(16-20-26)29(6,8-2)9-3/h10-22H,7-9H2,1-6H3. The molecule has 1 unspecified atom stereocenters. The van der Waals surface area contributed by atoms with Gasteiger partial charge in [-0.05, 0) is 68.4 Å². The summed E-state index contributed by atoms with van der Waals surface area (Å²) in [7, 11) is -3.00. The lowest BCUT2D eigenvalue weighted by Crippen LogP contribution is -2.28. The fraction of sp³-hybridized carbons (Fsp3) is 0.379. The fourth-order valence-corrected chi connectivity index (χ4v) is 6.56. The van der Waals surface area contributed by atoms with Crippen molar-refractivity contribution in [1.29, 1.82) is 0 Å². The Morgan fingerprint density at radius 1 is 0.656 bits per heavy atom. The molecule has 0 spiro atoms. The lowest BCUT2D eigenvalue weighted by atomic mass is 9.78. The zero-order valence-corrected chi connectivity index (χ0v) is 21.3. The first-order valence-electron chi connectivity index (χ1n) is 11.7. The molecule has 0 saturated heterocycles. The minimum Gasteiger partial charge on any atom is -0.488 e. The highest BCUT2D eigenvalue weighted by atomic mass is 31.2. The average molecular weight is 449 g/mol. The summed E-state index contributed by atoms with van der Waals surface area (Å²) in [6.07, 6.45) is 3.07. The van der Waals surface area contributed by atoms with Crippen molar-refractivity contribution in [1.82, 2.24) is 0 Å². The van der Waals surface area contributed by atoms with Gasteiger partial charge in [-0.3, -0.25) is 0 Å². The van der Waals surface area contributed by atoms with Crippen molar-refractivity contribution in [2.24, 2.45) is 0 Å². The van der Waals surface area contributed by atoms with E-state index in [4.69, 9.17) is 4.74 Å². The van der Waals surface area contributed by atoms with Gasteiger partial charge in [0.15, 0.2) is 7.14 Å². The predicted molar refractivity (Wildman–Crippen MR) is 139 cm³/mol. The second-order valence-corrected chi connectivity index (χ2v) is 12.2. The number of rotatable bonds is 9. The summed E-state index contributed by atoms with van der Waals surface area (Å²) in [6.45, 7) is 13.0. The third-order valence-corrected chi connectivity index (χ3v) is 10.1. The van der Waals surface area contributed by atoms with Crippen LogP contribution >= 0.6 is 7.14 Å². The first-order valence-corrected chi connectivity index (χ1v) is 13.5. The lowest BCUT2D eigenvalue weighted by Gasteiger charge is -2.28. The van der Waals surface area contributed by atoms with Crippen LogP contribution in [-0.2, 0) is 9.98 Å². The van der Waals surface area contributed by atoms with E-state index in [1.165, 1.54) is 5.56 Å².